The zero-order valence-corrected chi connectivity index (χ0v) is 16.4. The number of anilines is 1. The van der Waals surface area contributed by atoms with Crippen molar-refractivity contribution < 1.29 is 4.79 Å². The van der Waals surface area contributed by atoms with E-state index >= 15 is 0 Å². The molecule has 0 atom stereocenters. The number of carbonyl (C=O) groups excluding carboxylic acids is 1. The molecule has 0 spiro atoms. The number of benzene rings is 2. The first kappa shape index (κ1) is 18.2. The predicted octanol–water partition coefficient (Wildman–Crippen LogP) is 4.14. The van der Waals surface area contributed by atoms with Crippen LogP contribution in [0.4, 0.5) is 5.69 Å². The monoisotopic (exact) mass is 389 g/mol. The van der Waals surface area contributed by atoms with Gasteiger partial charge in [-0.25, -0.2) is 0 Å². The summed E-state index contributed by atoms with van der Waals surface area (Å²) in [5, 5.41) is 16.7. The van der Waals surface area contributed by atoms with E-state index in [1.54, 1.807) is 4.52 Å². The number of rotatable bonds is 5. The molecule has 0 bridgehead atoms. The maximum Gasteiger partial charge on any atom is 0.234 e. The summed E-state index contributed by atoms with van der Waals surface area (Å²) in [6, 6.07) is 19.5. The van der Waals surface area contributed by atoms with Crippen molar-refractivity contribution >= 4 is 29.0 Å². The van der Waals surface area contributed by atoms with Crippen LogP contribution in [0.25, 0.3) is 17.0 Å². The third kappa shape index (κ3) is 4.04. The molecule has 0 unspecified atom stereocenters. The van der Waals surface area contributed by atoms with Crippen LogP contribution in [0.1, 0.15) is 11.1 Å². The van der Waals surface area contributed by atoms with Crippen LogP contribution in [0, 0.1) is 13.8 Å². The molecule has 4 aromatic rings. The zero-order chi connectivity index (χ0) is 19.5. The summed E-state index contributed by atoms with van der Waals surface area (Å²) in [5.74, 6) is 0.885. The fourth-order valence-electron chi connectivity index (χ4n) is 3.00. The minimum Gasteiger partial charge on any atom is -0.325 e. The van der Waals surface area contributed by atoms with Crippen molar-refractivity contribution in [2.45, 2.75) is 18.9 Å². The van der Waals surface area contributed by atoms with Crippen molar-refractivity contribution in [3.63, 3.8) is 0 Å². The standard InChI is InChI=1S/C21H19N5OS/c1-14-10-15(2)12-17(11-14)22-19(27)13-28-20-9-8-18-23-24-21(26(18)25-20)16-6-4-3-5-7-16/h3-12H,13H2,1-2H3,(H,22,27). The summed E-state index contributed by atoms with van der Waals surface area (Å²) < 4.78 is 1.71. The summed E-state index contributed by atoms with van der Waals surface area (Å²) >= 11 is 1.38. The third-order valence-electron chi connectivity index (χ3n) is 4.13. The summed E-state index contributed by atoms with van der Waals surface area (Å²) in [7, 11) is 0. The summed E-state index contributed by atoms with van der Waals surface area (Å²) in [4.78, 5) is 12.3. The summed E-state index contributed by atoms with van der Waals surface area (Å²) in [6.07, 6.45) is 0. The number of thioether (sulfide) groups is 1. The van der Waals surface area contributed by atoms with Gasteiger partial charge in [-0.15, -0.1) is 10.2 Å². The maximum atomic E-state index is 12.3. The first-order valence-electron chi connectivity index (χ1n) is 8.87. The molecule has 1 N–H and O–H groups in total. The highest BCUT2D eigenvalue weighted by molar-refractivity contribution is 7.99. The Balaban J connectivity index is 1.48. The first-order valence-corrected chi connectivity index (χ1v) is 9.86. The molecule has 2 aromatic heterocycles. The van der Waals surface area contributed by atoms with E-state index in [0.717, 1.165) is 27.4 Å². The van der Waals surface area contributed by atoms with E-state index in [2.05, 4.69) is 26.7 Å². The Hall–Kier alpha value is -3.19. The number of fused-ring (bicyclic) bond motifs is 1. The third-order valence-corrected chi connectivity index (χ3v) is 5.05. The van der Waals surface area contributed by atoms with Crippen molar-refractivity contribution in [2.24, 2.45) is 0 Å². The van der Waals surface area contributed by atoms with E-state index in [-0.39, 0.29) is 11.7 Å². The van der Waals surface area contributed by atoms with Gasteiger partial charge in [-0.2, -0.15) is 9.61 Å². The molecule has 0 aliphatic heterocycles. The van der Waals surface area contributed by atoms with Crippen LogP contribution in [-0.2, 0) is 4.79 Å². The number of amides is 1. The molecule has 2 heterocycles. The summed E-state index contributed by atoms with van der Waals surface area (Å²) in [5.41, 5.74) is 4.67. The van der Waals surface area contributed by atoms with Crippen molar-refractivity contribution in [1.29, 1.82) is 0 Å². The van der Waals surface area contributed by atoms with Crippen molar-refractivity contribution in [2.75, 3.05) is 11.1 Å². The van der Waals surface area contributed by atoms with Gasteiger partial charge in [0.1, 0.15) is 5.03 Å². The van der Waals surface area contributed by atoms with Gasteiger partial charge >= 0.3 is 0 Å². The molecule has 1 amide bonds. The molecule has 0 saturated carbocycles. The second-order valence-corrected chi connectivity index (χ2v) is 7.54. The van der Waals surface area contributed by atoms with Gasteiger partial charge in [-0.05, 0) is 49.2 Å². The molecule has 7 heteroatoms. The fraction of sp³-hybridized carbons (Fsp3) is 0.143. The van der Waals surface area contributed by atoms with Crippen LogP contribution in [0.2, 0.25) is 0 Å². The Morgan fingerprint density at radius 3 is 2.50 bits per heavy atom. The van der Waals surface area contributed by atoms with E-state index < -0.39 is 0 Å². The molecule has 0 fully saturated rings. The molecule has 0 aliphatic rings. The lowest BCUT2D eigenvalue weighted by molar-refractivity contribution is -0.113. The van der Waals surface area contributed by atoms with Crippen LogP contribution in [-0.4, -0.2) is 31.5 Å². The fourth-order valence-corrected chi connectivity index (χ4v) is 3.65. The second kappa shape index (κ2) is 7.82. The van der Waals surface area contributed by atoms with Crippen molar-refractivity contribution in [3.8, 4) is 11.4 Å². The second-order valence-electron chi connectivity index (χ2n) is 6.54. The Bertz CT molecular complexity index is 1120. The van der Waals surface area contributed by atoms with Gasteiger partial charge in [0.25, 0.3) is 0 Å². The molecule has 0 aliphatic carbocycles. The van der Waals surface area contributed by atoms with E-state index in [4.69, 9.17) is 0 Å². The Kier molecular flexibility index (Phi) is 5.08. The molecule has 6 nitrogen and oxygen atoms in total. The highest BCUT2D eigenvalue weighted by atomic mass is 32.2. The number of hydrogen-bond acceptors (Lipinski definition) is 5. The highest BCUT2D eigenvalue weighted by Crippen LogP contribution is 2.21. The number of nitrogens with zero attached hydrogens (tertiary/aromatic N) is 4. The van der Waals surface area contributed by atoms with Crippen LogP contribution in [0.15, 0.2) is 65.7 Å². The van der Waals surface area contributed by atoms with Crippen LogP contribution < -0.4 is 5.32 Å². The van der Waals surface area contributed by atoms with Crippen molar-refractivity contribution in [1.82, 2.24) is 19.8 Å². The van der Waals surface area contributed by atoms with E-state index in [0.29, 0.717) is 11.5 Å². The molecule has 4 rings (SSSR count). The minimum atomic E-state index is -0.0658. The SMILES string of the molecule is Cc1cc(C)cc(NC(=O)CSc2ccc3nnc(-c4ccccc4)n3n2)c1. The van der Waals surface area contributed by atoms with Crippen LogP contribution in [0.5, 0.6) is 0 Å². The highest BCUT2D eigenvalue weighted by Gasteiger charge is 2.11. The number of hydrogen-bond donors (Lipinski definition) is 1. The molecule has 0 saturated heterocycles. The minimum absolute atomic E-state index is 0.0658. The zero-order valence-electron chi connectivity index (χ0n) is 15.6. The smallest absolute Gasteiger partial charge is 0.234 e. The lowest BCUT2D eigenvalue weighted by Gasteiger charge is -2.07. The quantitative estimate of drug-likeness (QED) is 0.520. The number of nitrogens with one attached hydrogen (secondary N) is 1. The molecule has 140 valence electrons. The normalized spacial score (nSPS) is 10.9. The lowest BCUT2D eigenvalue weighted by Crippen LogP contribution is -2.14. The molecule has 28 heavy (non-hydrogen) atoms. The summed E-state index contributed by atoms with van der Waals surface area (Å²) in [6.45, 7) is 4.03. The van der Waals surface area contributed by atoms with Crippen LogP contribution in [0.3, 0.4) is 0 Å². The predicted molar refractivity (Wildman–Crippen MR) is 111 cm³/mol. The lowest BCUT2D eigenvalue weighted by atomic mass is 10.1. The maximum absolute atomic E-state index is 12.3. The van der Waals surface area contributed by atoms with E-state index in [1.165, 1.54) is 11.8 Å². The van der Waals surface area contributed by atoms with Gasteiger partial charge < -0.3 is 5.32 Å². The number of carbonyl (C=O) groups is 1. The van der Waals surface area contributed by atoms with Crippen LogP contribution >= 0.6 is 11.8 Å². The van der Waals surface area contributed by atoms with Gasteiger partial charge in [-0.1, -0.05) is 48.2 Å². The van der Waals surface area contributed by atoms with Gasteiger partial charge in [-0.3, -0.25) is 4.79 Å². The number of aryl methyl sites for hydroxylation is 2. The first-order chi connectivity index (χ1) is 13.6. The topological polar surface area (TPSA) is 72.2 Å². The molecular weight excluding hydrogens is 370 g/mol. The Morgan fingerprint density at radius 1 is 1.00 bits per heavy atom. The average molecular weight is 389 g/mol. The van der Waals surface area contributed by atoms with Gasteiger partial charge in [0, 0.05) is 11.3 Å². The van der Waals surface area contributed by atoms with E-state index in [9.17, 15) is 4.79 Å². The van der Waals surface area contributed by atoms with E-state index in [1.807, 2.05) is 68.4 Å². The largest absolute Gasteiger partial charge is 0.325 e. The number of aromatic nitrogens is 4. The average Bonchev–Trinajstić information content (AvgIpc) is 3.09. The van der Waals surface area contributed by atoms with Crippen molar-refractivity contribution in [3.05, 3.63) is 71.8 Å². The van der Waals surface area contributed by atoms with Gasteiger partial charge in [0.2, 0.25) is 5.91 Å². The van der Waals surface area contributed by atoms with Gasteiger partial charge in [0.05, 0.1) is 5.75 Å². The Morgan fingerprint density at radius 2 is 1.75 bits per heavy atom. The molecule has 2 aromatic carbocycles. The molecule has 0 radical (unpaired) electrons. The van der Waals surface area contributed by atoms with Gasteiger partial charge in [0.15, 0.2) is 11.5 Å². The Labute approximate surface area is 167 Å². The molecular formula is C21H19N5OS.